The minimum Gasteiger partial charge on any atom is -0.459 e. The molecule has 1 heterocycles. The average Bonchev–Trinajstić information content (AvgIpc) is 3.13. The van der Waals surface area contributed by atoms with Crippen LogP contribution in [0.5, 0.6) is 0 Å². The van der Waals surface area contributed by atoms with Gasteiger partial charge in [-0.25, -0.2) is 4.79 Å². The fraction of sp³-hybridized carbons (Fsp3) is 0.182. The molecule has 0 spiro atoms. The summed E-state index contributed by atoms with van der Waals surface area (Å²) in [5.41, 5.74) is 2.67. The summed E-state index contributed by atoms with van der Waals surface area (Å²) in [6.07, 6.45) is 1.76. The molecule has 1 amide bonds. The summed E-state index contributed by atoms with van der Waals surface area (Å²) in [6, 6.07) is 17.1. The lowest BCUT2D eigenvalue weighted by Gasteiger charge is -2.14. The lowest BCUT2D eigenvalue weighted by molar-refractivity contribution is -0.148. The summed E-state index contributed by atoms with van der Waals surface area (Å²) >= 11 is 0. The molecule has 1 unspecified atom stereocenters. The van der Waals surface area contributed by atoms with Crippen LogP contribution in [0.15, 0.2) is 54.7 Å². The molecule has 144 valence electrons. The van der Waals surface area contributed by atoms with E-state index in [1.165, 1.54) is 0 Å². The number of benzene rings is 2. The Labute approximate surface area is 167 Å². The van der Waals surface area contributed by atoms with E-state index < -0.39 is 12.0 Å². The highest BCUT2D eigenvalue weighted by Crippen LogP contribution is 2.17. The topological polar surface area (TPSA) is 108 Å². The number of ether oxygens (including phenoxy) is 1. The molecule has 0 bridgehead atoms. The predicted octanol–water partition coefficient (Wildman–Crippen LogP) is 2.63. The highest BCUT2D eigenvalue weighted by atomic mass is 16.5. The lowest BCUT2D eigenvalue weighted by Crippen LogP contribution is -2.41. The zero-order chi connectivity index (χ0) is 20.8. The van der Waals surface area contributed by atoms with Crippen LogP contribution in [0.4, 0.5) is 0 Å². The Hall–Kier alpha value is -4.10. The summed E-state index contributed by atoms with van der Waals surface area (Å²) in [4.78, 5) is 24.4. The summed E-state index contributed by atoms with van der Waals surface area (Å²) in [7, 11) is 0. The minimum absolute atomic E-state index is 0.0443. The number of nitrogens with one attached hydrogen (secondary N) is 1. The minimum atomic E-state index is -0.798. The number of hydrogen-bond donors (Lipinski definition) is 1. The largest absolute Gasteiger partial charge is 0.459 e. The molecule has 7 nitrogen and oxygen atoms in total. The SMILES string of the molecule is CC(NC(=O)Cn1ccc2cc(C#N)ccc21)C(=O)OCc1ccc(C#N)cc1. The van der Waals surface area contributed by atoms with Crippen LogP contribution in [0.2, 0.25) is 0 Å². The van der Waals surface area contributed by atoms with Crippen molar-refractivity contribution in [3.05, 3.63) is 71.4 Å². The Morgan fingerprint density at radius 3 is 2.45 bits per heavy atom. The van der Waals surface area contributed by atoms with Crippen LogP contribution in [-0.4, -0.2) is 22.5 Å². The van der Waals surface area contributed by atoms with E-state index in [1.54, 1.807) is 60.2 Å². The number of nitriles is 2. The van der Waals surface area contributed by atoms with Gasteiger partial charge in [0.1, 0.15) is 19.2 Å². The molecule has 29 heavy (non-hydrogen) atoms. The number of amides is 1. The number of fused-ring (bicyclic) bond motifs is 1. The Morgan fingerprint density at radius 2 is 1.76 bits per heavy atom. The fourth-order valence-electron chi connectivity index (χ4n) is 2.86. The maximum Gasteiger partial charge on any atom is 0.328 e. The first kappa shape index (κ1) is 19.7. The maximum atomic E-state index is 12.3. The highest BCUT2D eigenvalue weighted by molar-refractivity contribution is 5.86. The Balaban J connectivity index is 1.54. The molecule has 1 atom stereocenters. The summed E-state index contributed by atoms with van der Waals surface area (Å²) in [5.74, 6) is -0.867. The van der Waals surface area contributed by atoms with Crippen molar-refractivity contribution in [3.63, 3.8) is 0 Å². The molecule has 0 saturated heterocycles. The van der Waals surface area contributed by atoms with Gasteiger partial charge in [0.25, 0.3) is 0 Å². The second-order valence-corrected chi connectivity index (χ2v) is 6.53. The van der Waals surface area contributed by atoms with Crippen molar-refractivity contribution in [2.75, 3.05) is 0 Å². The van der Waals surface area contributed by atoms with Crippen LogP contribution in [0.3, 0.4) is 0 Å². The Morgan fingerprint density at radius 1 is 1.07 bits per heavy atom. The summed E-state index contributed by atoms with van der Waals surface area (Å²) in [5, 5.41) is 21.2. The van der Waals surface area contributed by atoms with E-state index in [1.807, 2.05) is 12.1 Å². The first-order valence-corrected chi connectivity index (χ1v) is 8.94. The van der Waals surface area contributed by atoms with Crippen LogP contribution in [0.25, 0.3) is 10.9 Å². The molecule has 0 fully saturated rings. The van der Waals surface area contributed by atoms with Crippen molar-refractivity contribution in [2.45, 2.75) is 26.1 Å². The molecular formula is C22H18N4O3. The molecule has 0 radical (unpaired) electrons. The van der Waals surface area contributed by atoms with Gasteiger partial charge in [-0.2, -0.15) is 10.5 Å². The van der Waals surface area contributed by atoms with E-state index in [9.17, 15) is 9.59 Å². The zero-order valence-electron chi connectivity index (χ0n) is 15.8. The van der Waals surface area contributed by atoms with Gasteiger partial charge in [-0.1, -0.05) is 12.1 Å². The molecule has 0 aliphatic carbocycles. The van der Waals surface area contributed by atoms with Crippen LogP contribution in [0.1, 0.15) is 23.6 Å². The molecular weight excluding hydrogens is 368 g/mol. The second-order valence-electron chi connectivity index (χ2n) is 6.53. The van der Waals surface area contributed by atoms with Crippen molar-refractivity contribution in [2.24, 2.45) is 0 Å². The third kappa shape index (κ3) is 4.79. The first-order chi connectivity index (χ1) is 14.0. The molecule has 0 aliphatic heterocycles. The molecule has 2 aromatic carbocycles. The molecule has 1 aromatic heterocycles. The quantitative estimate of drug-likeness (QED) is 0.655. The van der Waals surface area contributed by atoms with Gasteiger partial charge in [-0.15, -0.1) is 0 Å². The van der Waals surface area contributed by atoms with Gasteiger partial charge in [-0.05, 0) is 48.9 Å². The van der Waals surface area contributed by atoms with Gasteiger partial charge in [0.05, 0.1) is 23.3 Å². The molecule has 1 N–H and O–H groups in total. The normalized spacial score (nSPS) is 11.3. The van der Waals surface area contributed by atoms with Crippen molar-refractivity contribution in [3.8, 4) is 12.1 Å². The lowest BCUT2D eigenvalue weighted by atomic mass is 10.2. The Bertz CT molecular complexity index is 1130. The number of aromatic nitrogens is 1. The third-order valence-corrected chi connectivity index (χ3v) is 4.41. The molecule has 3 rings (SSSR count). The number of hydrogen-bond acceptors (Lipinski definition) is 5. The number of carbonyl (C=O) groups is 2. The number of rotatable bonds is 6. The van der Waals surface area contributed by atoms with Gasteiger partial charge < -0.3 is 14.6 Å². The van der Waals surface area contributed by atoms with E-state index in [2.05, 4.69) is 11.4 Å². The predicted molar refractivity (Wildman–Crippen MR) is 105 cm³/mol. The molecule has 0 saturated carbocycles. The van der Waals surface area contributed by atoms with Crippen molar-refractivity contribution in [1.82, 2.24) is 9.88 Å². The number of esters is 1. The smallest absolute Gasteiger partial charge is 0.328 e. The van der Waals surface area contributed by atoms with Gasteiger partial charge in [-0.3, -0.25) is 4.79 Å². The van der Waals surface area contributed by atoms with E-state index in [0.717, 1.165) is 16.5 Å². The maximum absolute atomic E-state index is 12.3. The number of carbonyl (C=O) groups excluding carboxylic acids is 2. The van der Waals surface area contributed by atoms with Gasteiger partial charge in [0.2, 0.25) is 5.91 Å². The highest BCUT2D eigenvalue weighted by Gasteiger charge is 2.18. The monoisotopic (exact) mass is 386 g/mol. The summed E-state index contributed by atoms with van der Waals surface area (Å²) < 4.78 is 6.97. The second kappa shape index (κ2) is 8.73. The van der Waals surface area contributed by atoms with Gasteiger partial charge in [0.15, 0.2) is 0 Å². The molecule has 0 aliphatic rings. The molecule has 3 aromatic rings. The zero-order valence-corrected chi connectivity index (χ0v) is 15.8. The van der Waals surface area contributed by atoms with Gasteiger partial charge >= 0.3 is 5.97 Å². The van der Waals surface area contributed by atoms with Crippen molar-refractivity contribution >= 4 is 22.8 Å². The van der Waals surface area contributed by atoms with E-state index in [4.69, 9.17) is 15.3 Å². The molecule has 7 heteroatoms. The van der Waals surface area contributed by atoms with E-state index >= 15 is 0 Å². The van der Waals surface area contributed by atoms with Crippen molar-refractivity contribution in [1.29, 1.82) is 10.5 Å². The number of nitrogens with zero attached hydrogens (tertiary/aromatic N) is 3. The van der Waals surface area contributed by atoms with E-state index in [-0.39, 0.29) is 19.1 Å². The van der Waals surface area contributed by atoms with Gasteiger partial charge in [0, 0.05) is 17.1 Å². The third-order valence-electron chi connectivity index (χ3n) is 4.41. The summed E-state index contributed by atoms with van der Waals surface area (Å²) in [6.45, 7) is 1.67. The van der Waals surface area contributed by atoms with Crippen LogP contribution in [0, 0.1) is 22.7 Å². The standard InChI is InChI=1S/C22H18N4O3/c1-15(22(28)29-14-17-4-2-16(11-23)3-5-17)25-21(27)13-26-9-8-19-10-18(12-24)6-7-20(19)26/h2-10,15H,13-14H2,1H3,(H,25,27). The fourth-order valence-corrected chi connectivity index (χ4v) is 2.86. The van der Waals surface area contributed by atoms with Crippen molar-refractivity contribution < 1.29 is 14.3 Å². The van der Waals surface area contributed by atoms with Crippen LogP contribution >= 0.6 is 0 Å². The van der Waals surface area contributed by atoms with Crippen LogP contribution < -0.4 is 5.32 Å². The Kier molecular flexibility index (Phi) is 5.91. The van der Waals surface area contributed by atoms with E-state index in [0.29, 0.717) is 11.1 Å². The van der Waals surface area contributed by atoms with Crippen LogP contribution in [-0.2, 0) is 27.5 Å². The average molecular weight is 386 g/mol. The first-order valence-electron chi connectivity index (χ1n) is 8.94.